The first-order valence-corrected chi connectivity index (χ1v) is 5.62. The van der Waals surface area contributed by atoms with E-state index in [1.165, 1.54) is 5.39 Å². The van der Waals surface area contributed by atoms with Crippen molar-refractivity contribution in [1.29, 1.82) is 0 Å². The molecule has 0 saturated heterocycles. The van der Waals surface area contributed by atoms with Gasteiger partial charge in [0.05, 0.1) is 0 Å². The second-order valence-electron chi connectivity index (χ2n) is 4.15. The molecule has 0 bridgehead atoms. The fourth-order valence-corrected chi connectivity index (χ4v) is 1.61. The minimum atomic E-state index is 0.489. The SMILES string of the molecule is C=C(C)C(=C)COc1cccc2ccccc12. The molecule has 0 spiro atoms. The number of hydrogen-bond donors (Lipinski definition) is 0. The molecule has 0 atom stereocenters. The summed E-state index contributed by atoms with van der Waals surface area (Å²) < 4.78 is 5.78. The van der Waals surface area contributed by atoms with Crippen LogP contribution in [0.4, 0.5) is 0 Å². The highest BCUT2D eigenvalue weighted by molar-refractivity contribution is 5.88. The second kappa shape index (κ2) is 4.88. The molecule has 0 heterocycles. The Morgan fingerprint density at radius 2 is 1.76 bits per heavy atom. The highest BCUT2D eigenvalue weighted by Crippen LogP contribution is 2.25. The summed E-state index contributed by atoms with van der Waals surface area (Å²) in [6, 6.07) is 14.2. The molecule has 0 aliphatic carbocycles. The Balaban J connectivity index is 2.24. The third-order valence-corrected chi connectivity index (χ3v) is 2.76. The van der Waals surface area contributed by atoms with Crippen LogP contribution in [0.5, 0.6) is 5.75 Å². The number of rotatable bonds is 4. The molecule has 0 amide bonds. The smallest absolute Gasteiger partial charge is 0.127 e. The maximum Gasteiger partial charge on any atom is 0.127 e. The lowest BCUT2D eigenvalue weighted by atomic mass is 10.1. The van der Waals surface area contributed by atoms with Crippen LogP contribution in [-0.2, 0) is 0 Å². The van der Waals surface area contributed by atoms with E-state index in [9.17, 15) is 0 Å². The van der Waals surface area contributed by atoms with Crippen LogP contribution in [0.25, 0.3) is 10.8 Å². The van der Waals surface area contributed by atoms with Gasteiger partial charge in [0, 0.05) is 5.39 Å². The normalized spacial score (nSPS) is 10.2. The van der Waals surface area contributed by atoms with Crippen LogP contribution in [0.1, 0.15) is 6.92 Å². The molecule has 0 aliphatic heterocycles. The molecule has 0 unspecified atom stereocenters. The molecule has 17 heavy (non-hydrogen) atoms. The summed E-state index contributed by atoms with van der Waals surface area (Å²) >= 11 is 0. The van der Waals surface area contributed by atoms with E-state index in [4.69, 9.17) is 4.74 Å². The van der Waals surface area contributed by atoms with Gasteiger partial charge >= 0.3 is 0 Å². The average Bonchev–Trinajstić information content (AvgIpc) is 2.35. The van der Waals surface area contributed by atoms with Crippen molar-refractivity contribution in [2.45, 2.75) is 6.92 Å². The van der Waals surface area contributed by atoms with Gasteiger partial charge in [-0.3, -0.25) is 0 Å². The predicted molar refractivity (Wildman–Crippen MR) is 73.4 cm³/mol. The highest BCUT2D eigenvalue weighted by atomic mass is 16.5. The highest BCUT2D eigenvalue weighted by Gasteiger charge is 2.02. The van der Waals surface area contributed by atoms with E-state index < -0.39 is 0 Å². The van der Waals surface area contributed by atoms with E-state index in [1.807, 2.05) is 31.2 Å². The first-order chi connectivity index (χ1) is 8.18. The van der Waals surface area contributed by atoms with Gasteiger partial charge in [-0.05, 0) is 23.9 Å². The van der Waals surface area contributed by atoms with Crippen LogP contribution in [0.15, 0.2) is 66.8 Å². The zero-order chi connectivity index (χ0) is 12.3. The topological polar surface area (TPSA) is 9.23 Å². The van der Waals surface area contributed by atoms with Gasteiger partial charge in [0.15, 0.2) is 0 Å². The van der Waals surface area contributed by atoms with Crippen molar-refractivity contribution < 1.29 is 4.74 Å². The summed E-state index contributed by atoms with van der Waals surface area (Å²) in [6.07, 6.45) is 0. The fourth-order valence-electron chi connectivity index (χ4n) is 1.61. The second-order valence-corrected chi connectivity index (χ2v) is 4.15. The minimum absolute atomic E-state index is 0.489. The Morgan fingerprint density at radius 3 is 2.53 bits per heavy atom. The van der Waals surface area contributed by atoms with Crippen LogP contribution in [0.3, 0.4) is 0 Å². The maximum absolute atomic E-state index is 5.78. The quantitative estimate of drug-likeness (QED) is 0.701. The Labute approximate surface area is 102 Å². The maximum atomic E-state index is 5.78. The molecule has 2 rings (SSSR count). The molecule has 2 aromatic rings. The molecular formula is C16H16O. The summed E-state index contributed by atoms with van der Waals surface area (Å²) in [7, 11) is 0. The van der Waals surface area contributed by atoms with Crippen LogP contribution in [0, 0.1) is 0 Å². The largest absolute Gasteiger partial charge is 0.488 e. The lowest BCUT2D eigenvalue weighted by Crippen LogP contribution is -2.01. The molecule has 0 aliphatic rings. The molecular weight excluding hydrogens is 208 g/mol. The zero-order valence-electron chi connectivity index (χ0n) is 10.1. The molecule has 2 aromatic carbocycles. The van der Waals surface area contributed by atoms with Crippen molar-refractivity contribution in [2.24, 2.45) is 0 Å². The van der Waals surface area contributed by atoms with E-state index in [0.717, 1.165) is 22.3 Å². The third-order valence-electron chi connectivity index (χ3n) is 2.76. The molecule has 0 fully saturated rings. The van der Waals surface area contributed by atoms with Gasteiger partial charge in [0.1, 0.15) is 12.4 Å². The summed E-state index contributed by atoms with van der Waals surface area (Å²) in [4.78, 5) is 0. The first kappa shape index (κ1) is 11.5. The lowest BCUT2D eigenvalue weighted by Gasteiger charge is -2.10. The Bertz CT molecular complexity index is 561. The monoisotopic (exact) mass is 224 g/mol. The molecule has 0 N–H and O–H groups in total. The van der Waals surface area contributed by atoms with Gasteiger partial charge in [-0.2, -0.15) is 0 Å². The van der Waals surface area contributed by atoms with Crippen LogP contribution in [0.2, 0.25) is 0 Å². The van der Waals surface area contributed by atoms with E-state index >= 15 is 0 Å². The first-order valence-electron chi connectivity index (χ1n) is 5.62. The van der Waals surface area contributed by atoms with Crippen molar-refractivity contribution in [3.8, 4) is 5.75 Å². The van der Waals surface area contributed by atoms with Gasteiger partial charge in [0.25, 0.3) is 0 Å². The average molecular weight is 224 g/mol. The summed E-state index contributed by atoms with van der Waals surface area (Å²) in [6.45, 7) is 10.2. The number of benzene rings is 2. The summed E-state index contributed by atoms with van der Waals surface area (Å²) in [5, 5.41) is 2.32. The van der Waals surface area contributed by atoms with Crippen molar-refractivity contribution >= 4 is 10.8 Å². The van der Waals surface area contributed by atoms with Gasteiger partial charge < -0.3 is 4.74 Å². The minimum Gasteiger partial charge on any atom is -0.488 e. The predicted octanol–water partition coefficient (Wildman–Crippen LogP) is 4.35. The third kappa shape index (κ3) is 2.56. The number of hydrogen-bond acceptors (Lipinski definition) is 1. The molecule has 0 aromatic heterocycles. The lowest BCUT2D eigenvalue weighted by molar-refractivity contribution is 0.359. The van der Waals surface area contributed by atoms with Crippen LogP contribution < -0.4 is 4.74 Å². The van der Waals surface area contributed by atoms with E-state index in [2.05, 4.69) is 31.4 Å². The van der Waals surface area contributed by atoms with Crippen LogP contribution in [-0.4, -0.2) is 6.61 Å². The van der Waals surface area contributed by atoms with Crippen molar-refractivity contribution in [3.63, 3.8) is 0 Å². The Kier molecular flexibility index (Phi) is 3.29. The van der Waals surface area contributed by atoms with E-state index in [1.54, 1.807) is 0 Å². The number of ether oxygens (including phenoxy) is 1. The molecule has 0 saturated carbocycles. The van der Waals surface area contributed by atoms with Gasteiger partial charge in [-0.1, -0.05) is 55.1 Å². The standard InChI is InChI=1S/C16H16O/c1-12(2)13(3)11-17-16-10-6-8-14-7-4-5-9-15(14)16/h4-10H,1,3,11H2,2H3. The van der Waals surface area contributed by atoms with Crippen molar-refractivity contribution in [2.75, 3.05) is 6.61 Å². The Morgan fingerprint density at radius 1 is 1.06 bits per heavy atom. The van der Waals surface area contributed by atoms with Crippen molar-refractivity contribution in [3.05, 3.63) is 66.8 Å². The van der Waals surface area contributed by atoms with Crippen LogP contribution >= 0.6 is 0 Å². The van der Waals surface area contributed by atoms with Gasteiger partial charge in [0.2, 0.25) is 0 Å². The molecule has 0 radical (unpaired) electrons. The summed E-state index contributed by atoms with van der Waals surface area (Å²) in [5.74, 6) is 0.894. The molecule has 1 heteroatoms. The van der Waals surface area contributed by atoms with Gasteiger partial charge in [-0.25, -0.2) is 0 Å². The number of fused-ring (bicyclic) bond motifs is 1. The summed E-state index contributed by atoms with van der Waals surface area (Å²) in [5.41, 5.74) is 1.89. The molecule has 86 valence electrons. The fraction of sp³-hybridized carbons (Fsp3) is 0.125. The Hall–Kier alpha value is -2.02. The van der Waals surface area contributed by atoms with Gasteiger partial charge in [-0.15, -0.1) is 0 Å². The van der Waals surface area contributed by atoms with E-state index in [-0.39, 0.29) is 0 Å². The van der Waals surface area contributed by atoms with E-state index in [0.29, 0.717) is 6.61 Å². The van der Waals surface area contributed by atoms with Crippen molar-refractivity contribution in [1.82, 2.24) is 0 Å². The molecule has 1 nitrogen and oxygen atoms in total. The zero-order valence-corrected chi connectivity index (χ0v) is 10.1.